The lowest BCUT2D eigenvalue weighted by atomic mass is 10.0. The Morgan fingerprint density at radius 2 is 1.83 bits per heavy atom. The summed E-state index contributed by atoms with van der Waals surface area (Å²) in [4.78, 5) is 16.3. The molecule has 0 aliphatic rings. The Bertz CT molecular complexity index is 710. The van der Waals surface area contributed by atoms with Gasteiger partial charge in [-0.05, 0) is 31.0 Å². The van der Waals surface area contributed by atoms with Gasteiger partial charge in [0.2, 0.25) is 0 Å². The van der Waals surface area contributed by atoms with E-state index in [0.717, 1.165) is 16.9 Å². The van der Waals surface area contributed by atoms with Crippen molar-refractivity contribution in [2.24, 2.45) is 5.16 Å². The van der Waals surface area contributed by atoms with E-state index in [0.29, 0.717) is 12.2 Å². The maximum absolute atomic E-state index is 11.4. The summed E-state index contributed by atoms with van der Waals surface area (Å²) in [5.74, 6) is -0.372. The van der Waals surface area contributed by atoms with Gasteiger partial charge in [-0.15, -0.1) is 0 Å². The minimum atomic E-state index is -1.14. The molecule has 0 saturated carbocycles. The Labute approximate surface area is 135 Å². The Morgan fingerprint density at radius 1 is 1.13 bits per heavy atom. The fraction of sp³-hybridized carbons (Fsp3) is 0.222. The zero-order chi connectivity index (χ0) is 16.7. The summed E-state index contributed by atoms with van der Waals surface area (Å²) >= 11 is 0. The molecule has 0 heterocycles. The van der Waals surface area contributed by atoms with E-state index < -0.39 is 5.97 Å². The van der Waals surface area contributed by atoms with Gasteiger partial charge >= 0.3 is 5.97 Å². The predicted octanol–water partition coefficient (Wildman–Crippen LogP) is 3.40. The van der Waals surface area contributed by atoms with E-state index in [4.69, 9.17) is 9.57 Å². The molecular formula is C18H19NO4. The molecule has 0 saturated heterocycles. The Morgan fingerprint density at radius 3 is 2.52 bits per heavy atom. The van der Waals surface area contributed by atoms with Crippen LogP contribution < -0.4 is 4.74 Å². The van der Waals surface area contributed by atoms with E-state index in [1.54, 1.807) is 19.1 Å². The van der Waals surface area contributed by atoms with Gasteiger partial charge in [-0.2, -0.15) is 0 Å². The van der Waals surface area contributed by atoms with Crippen LogP contribution in [0.3, 0.4) is 0 Å². The second-order valence-corrected chi connectivity index (χ2v) is 4.87. The topological polar surface area (TPSA) is 68.1 Å². The summed E-state index contributed by atoms with van der Waals surface area (Å²) in [6.45, 7) is 4.26. The van der Waals surface area contributed by atoms with Crippen molar-refractivity contribution in [1.82, 2.24) is 0 Å². The average Bonchev–Trinajstić information content (AvgIpc) is 2.55. The van der Waals surface area contributed by atoms with Crippen molar-refractivity contribution in [3.63, 3.8) is 0 Å². The summed E-state index contributed by atoms with van der Waals surface area (Å²) < 4.78 is 5.81. The second-order valence-electron chi connectivity index (χ2n) is 4.87. The van der Waals surface area contributed by atoms with Crippen molar-refractivity contribution in [2.45, 2.75) is 20.5 Å². The Kier molecular flexibility index (Phi) is 5.74. The van der Waals surface area contributed by atoms with E-state index in [1.165, 1.54) is 0 Å². The highest BCUT2D eigenvalue weighted by Crippen LogP contribution is 2.19. The highest BCUT2D eigenvalue weighted by molar-refractivity contribution is 6.42. The van der Waals surface area contributed by atoms with Gasteiger partial charge in [0.25, 0.3) is 0 Å². The van der Waals surface area contributed by atoms with Crippen LogP contribution in [0, 0.1) is 6.92 Å². The number of carbonyl (C=O) groups is 1. The third-order valence-electron chi connectivity index (χ3n) is 3.24. The van der Waals surface area contributed by atoms with Crippen LogP contribution in [0.4, 0.5) is 0 Å². The molecule has 0 aliphatic heterocycles. The zero-order valence-corrected chi connectivity index (χ0v) is 13.2. The molecule has 0 atom stereocenters. The van der Waals surface area contributed by atoms with E-state index in [-0.39, 0.29) is 12.3 Å². The highest BCUT2D eigenvalue weighted by Gasteiger charge is 2.17. The molecule has 120 valence electrons. The molecule has 0 fully saturated rings. The largest absolute Gasteiger partial charge is 0.489 e. The molecule has 5 nitrogen and oxygen atoms in total. The molecule has 0 radical (unpaired) electrons. The van der Waals surface area contributed by atoms with Crippen LogP contribution in [0.5, 0.6) is 5.75 Å². The van der Waals surface area contributed by atoms with Crippen molar-refractivity contribution in [1.29, 1.82) is 0 Å². The number of hydrogen-bond donors (Lipinski definition) is 1. The lowest BCUT2D eigenvalue weighted by molar-refractivity contribution is -0.129. The molecule has 23 heavy (non-hydrogen) atoms. The molecule has 0 aromatic heterocycles. The summed E-state index contributed by atoms with van der Waals surface area (Å²) in [7, 11) is 0. The number of oxime groups is 1. The summed E-state index contributed by atoms with van der Waals surface area (Å²) in [6.07, 6.45) is 0. The van der Waals surface area contributed by atoms with E-state index >= 15 is 0 Å². The molecule has 2 rings (SSSR count). The zero-order valence-electron chi connectivity index (χ0n) is 13.2. The number of ether oxygens (including phenoxy) is 1. The number of carboxylic acid groups (broad SMARTS) is 1. The number of aryl methyl sites for hydroxylation is 1. The SMILES string of the molecule is CCON=C(C(=O)O)c1ccccc1COc1ccccc1C. The standard InChI is InChI=1S/C18H19NO4/c1-3-23-19-17(18(20)21)15-10-6-5-9-14(15)12-22-16-11-7-4-8-13(16)2/h4-11H,3,12H2,1-2H3,(H,20,21). The first kappa shape index (κ1) is 16.5. The summed E-state index contributed by atoms with van der Waals surface area (Å²) in [5.41, 5.74) is 2.11. The third-order valence-corrected chi connectivity index (χ3v) is 3.24. The second kappa shape index (κ2) is 7.98. The first-order chi connectivity index (χ1) is 11.1. The van der Waals surface area contributed by atoms with Gasteiger partial charge in [0.1, 0.15) is 19.0 Å². The maximum Gasteiger partial charge on any atom is 0.358 e. The van der Waals surface area contributed by atoms with Crippen molar-refractivity contribution in [2.75, 3.05) is 6.61 Å². The van der Waals surface area contributed by atoms with Crippen molar-refractivity contribution >= 4 is 11.7 Å². The van der Waals surface area contributed by atoms with Crippen LogP contribution in [0.15, 0.2) is 53.7 Å². The van der Waals surface area contributed by atoms with Gasteiger partial charge in [-0.3, -0.25) is 0 Å². The molecular weight excluding hydrogens is 294 g/mol. The number of nitrogens with zero attached hydrogens (tertiary/aromatic N) is 1. The molecule has 2 aromatic rings. The molecule has 0 unspecified atom stereocenters. The molecule has 0 aliphatic carbocycles. The molecule has 0 amide bonds. The molecule has 5 heteroatoms. The van der Waals surface area contributed by atoms with E-state index in [9.17, 15) is 9.90 Å². The number of benzene rings is 2. The van der Waals surface area contributed by atoms with Crippen molar-refractivity contribution in [3.05, 3.63) is 65.2 Å². The van der Waals surface area contributed by atoms with Gasteiger partial charge in [0.05, 0.1) is 0 Å². The van der Waals surface area contributed by atoms with E-state index in [1.807, 2.05) is 43.3 Å². The summed E-state index contributed by atoms with van der Waals surface area (Å²) in [5, 5.41) is 13.1. The maximum atomic E-state index is 11.4. The van der Waals surface area contributed by atoms with Crippen LogP contribution in [0.1, 0.15) is 23.6 Å². The third kappa shape index (κ3) is 4.32. The van der Waals surface area contributed by atoms with Gasteiger partial charge < -0.3 is 14.7 Å². The predicted molar refractivity (Wildman–Crippen MR) is 87.8 cm³/mol. The normalized spacial score (nSPS) is 11.1. The van der Waals surface area contributed by atoms with E-state index in [2.05, 4.69) is 5.16 Å². The fourth-order valence-corrected chi connectivity index (χ4v) is 2.08. The Balaban J connectivity index is 2.26. The van der Waals surface area contributed by atoms with Gasteiger partial charge in [-0.1, -0.05) is 47.6 Å². The average molecular weight is 313 g/mol. The minimum Gasteiger partial charge on any atom is -0.489 e. The van der Waals surface area contributed by atoms with Crippen molar-refractivity contribution in [3.8, 4) is 5.75 Å². The number of hydrogen-bond acceptors (Lipinski definition) is 4. The number of aliphatic carboxylic acids is 1. The molecule has 0 bridgehead atoms. The van der Waals surface area contributed by atoms with Gasteiger partial charge in [0, 0.05) is 5.56 Å². The quantitative estimate of drug-likeness (QED) is 0.628. The molecule has 2 aromatic carbocycles. The van der Waals surface area contributed by atoms with Crippen LogP contribution in [0.25, 0.3) is 0 Å². The van der Waals surface area contributed by atoms with Crippen LogP contribution in [-0.4, -0.2) is 23.4 Å². The first-order valence-corrected chi connectivity index (χ1v) is 7.33. The Hall–Kier alpha value is -2.82. The summed E-state index contributed by atoms with van der Waals surface area (Å²) in [6, 6.07) is 14.8. The molecule has 0 spiro atoms. The number of rotatable bonds is 7. The number of carboxylic acids is 1. The first-order valence-electron chi connectivity index (χ1n) is 7.33. The molecule has 1 N–H and O–H groups in total. The minimum absolute atomic E-state index is 0.129. The van der Waals surface area contributed by atoms with Crippen LogP contribution in [-0.2, 0) is 16.2 Å². The van der Waals surface area contributed by atoms with Crippen LogP contribution >= 0.6 is 0 Å². The van der Waals surface area contributed by atoms with Crippen LogP contribution in [0.2, 0.25) is 0 Å². The van der Waals surface area contributed by atoms with Gasteiger partial charge in [-0.25, -0.2) is 4.79 Å². The lowest BCUT2D eigenvalue weighted by Crippen LogP contribution is -2.18. The fourth-order valence-electron chi connectivity index (χ4n) is 2.08. The monoisotopic (exact) mass is 313 g/mol. The van der Waals surface area contributed by atoms with Gasteiger partial charge in [0.15, 0.2) is 5.71 Å². The van der Waals surface area contributed by atoms with Crippen molar-refractivity contribution < 1.29 is 19.5 Å². The lowest BCUT2D eigenvalue weighted by Gasteiger charge is -2.12. The highest BCUT2D eigenvalue weighted by atomic mass is 16.6. The number of para-hydroxylation sites is 1. The smallest absolute Gasteiger partial charge is 0.358 e.